The van der Waals surface area contributed by atoms with E-state index < -0.39 is 42.3 Å². The molecule has 5 aromatic carbocycles. The van der Waals surface area contributed by atoms with Gasteiger partial charge < -0.3 is 33.5 Å². The maximum absolute atomic E-state index is 15.4. The molecule has 6 unspecified atom stereocenters. The summed E-state index contributed by atoms with van der Waals surface area (Å²) in [5, 5.41) is 12.7. The Labute approximate surface area is 299 Å². The van der Waals surface area contributed by atoms with Gasteiger partial charge in [0.05, 0.1) is 26.9 Å². The molecule has 1 N–H and O–H groups in total. The molecule has 0 bridgehead atoms. The van der Waals surface area contributed by atoms with Crippen molar-refractivity contribution in [3.8, 4) is 5.75 Å². The van der Waals surface area contributed by atoms with Crippen molar-refractivity contribution in [3.63, 3.8) is 0 Å². The van der Waals surface area contributed by atoms with Gasteiger partial charge in [0.15, 0.2) is 6.29 Å². The predicted octanol–water partition coefficient (Wildman–Crippen LogP) is 8.28. The largest absolute Gasteiger partial charge is 0.497 e. The lowest BCUT2D eigenvalue weighted by Crippen LogP contribution is -2.67. The number of ether oxygens (including phenoxy) is 6. The molecular formula is C43H45FO7. The van der Waals surface area contributed by atoms with Crippen molar-refractivity contribution in [3.05, 3.63) is 173 Å². The summed E-state index contributed by atoms with van der Waals surface area (Å²) >= 11 is 0. The predicted molar refractivity (Wildman–Crippen MR) is 192 cm³/mol. The molecule has 2 fully saturated rings. The van der Waals surface area contributed by atoms with Gasteiger partial charge in [-0.1, -0.05) is 123 Å². The van der Waals surface area contributed by atoms with Crippen molar-refractivity contribution in [2.75, 3.05) is 13.7 Å². The van der Waals surface area contributed by atoms with Gasteiger partial charge in [0.2, 0.25) is 5.79 Å². The van der Waals surface area contributed by atoms with Gasteiger partial charge in [-0.2, -0.15) is 0 Å². The van der Waals surface area contributed by atoms with Gasteiger partial charge in [-0.05, 0) is 46.5 Å². The van der Waals surface area contributed by atoms with Gasteiger partial charge in [0.1, 0.15) is 36.0 Å². The van der Waals surface area contributed by atoms with Crippen LogP contribution in [0.4, 0.5) is 4.39 Å². The van der Waals surface area contributed by atoms with E-state index in [0.29, 0.717) is 23.3 Å². The van der Waals surface area contributed by atoms with Crippen LogP contribution in [0.1, 0.15) is 53.5 Å². The summed E-state index contributed by atoms with van der Waals surface area (Å²) in [6, 6.07) is 41.2. The van der Waals surface area contributed by atoms with E-state index in [-0.39, 0.29) is 19.8 Å². The highest BCUT2D eigenvalue weighted by molar-refractivity contribution is 5.36. The number of hydrogen-bond donors (Lipinski definition) is 1. The molecule has 2 aliphatic heterocycles. The fourth-order valence-corrected chi connectivity index (χ4v) is 6.46. The van der Waals surface area contributed by atoms with Crippen LogP contribution >= 0.6 is 0 Å². The van der Waals surface area contributed by atoms with E-state index in [1.54, 1.807) is 13.2 Å². The van der Waals surface area contributed by atoms with Crippen molar-refractivity contribution in [1.29, 1.82) is 0 Å². The fraction of sp³-hybridized carbons (Fsp3) is 0.302. The Morgan fingerprint density at radius 3 is 1.98 bits per heavy atom. The Morgan fingerprint density at radius 1 is 0.745 bits per heavy atom. The summed E-state index contributed by atoms with van der Waals surface area (Å²) in [4.78, 5) is 0. The lowest BCUT2D eigenvalue weighted by Gasteiger charge is -2.52. The number of rotatable bonds is 11. The van der Waals surface area contributed by atoms with Crippen LogP contribution in [-0.2, 0) is 49.1 Å². The number of methoxy groups -OCH3 is 1. The van der Waals surface area contributed by atoms with Gasteiger partial charge in [-0.25, -0.2) is 4.39 Å². The van der Waals surface area contributed by atoms with E-state index in [9.17, 15) is 5.11 Å². The highest BCUT2D eigenvalue weighted by Crippen LogP contribution is 2.45. The van der Waals surface area contributed by atoms with Crippen LogP contribution in [0.25, 0.3) is 0 Å². The van der Waals surface area contributed by atoms with Crippen LogP contribution in [0, 0.1) is 5.82 Å². The summed E-state index contributed by atoms with van der Waals surface area (Å²) in [6.45, 7) is 4.53. The van der Waals surface area contributed by atoms with E-state index in [2.05, 4.69) is 0 Å². The summed E-state index contributed by atoms with van der Waals surface area (Å²) in [6.07, 6.45) is -3.65. The van der Waals surface area contributed by atoms with Crippen molar-refractivity contribution >= 4 is 0 Å². The zero-order valence-electron chi connectivity index (χ0n) is 29.2. The SMILES string of the molecule is CC.COc1ccc(Cc2cc(C3(O)OC4COC(c5ccccc5)OC4C(OCc4ccccc4)C3OCc3ccccc3)ccc2F)cc1. The van der Waals surface area contributed by atoms with Gasteiger partial charge in [0, 0.05) is 17.5 Å². The van der Waals surface area contributed by atoms with Crippen LogP contribution in [0.2, 0.25) is 0 Å². The molecule has 6 atom stereocenters. The van der Waals surface area contributed by atoms with E-state index >= 15 is 4.39 Å². The molecule has 51 heavy (non-hydrogen) atoms. The minimum absolute atomic E-state index is 0.128. The molecule has 2 heterocycles. The number of halogens is 1. The molecule has 0 amide bonds. The smallest absolute Gasteiger partial charge is 0.222 e. The van der Waals surface area contributed by atoms with Crippen LogP contribution in [0.5, 0.6) is 5.75 Å². The fourth-order valence-electron chi connectivity index (χ4n) is 6.46. The molecule has 0 aliphatic carbocycles. The Hall–Kier alpha value is -4.41. The monoisotopic (exact) mass is 692 g/mol. The Bertz CT molecular complexity index is 1790. The van der Waals surface area contributed by atoms with Gasteiger partial charge in [0.25, 0.3) is 0 Å². The summed E-state index contributed by atoms with van der Waals surface area (Å²) in [7, 11) is 1.60. The maximum atomic E-state index is 15.4. The van der Waals surface area contributed by atoms with E-state index in [1.807, 2.05) is 129 Å². The lowest BCUT2D eigenvalue weighted by molar-refractivity contribution is -0.409. The maximum Gasteiger partial charge on any atom is 0.222 e. The lowest BCUT2D eigenvalue weighted by atomic mass is 9.86. The average Bonchev–Trinajstić information content (AvgIpc) is 3.19. The molecule has 7 rings (SSSR count). The number of aliphatic hydroxyl groups is 1. The third-order valence-corrected chi connectivity index (χ3v) is 9.04. The summed E-state index contributed by atoms with van der Waals surface area (Å²) in [5.74, 6) is -1.74. The van der Waals surface area contributed by atoms with Crippen LogP contribution < -0.4 is 4.74 Å². The molecule has 5 aromatic rings. The van der Waals surface area contributed by atoms with Gasteiger partial charge in [-0.3, -0.25) is 0 Å². The average molecular weight is 693 g/mol. The van der Waals surface area contributed by atoms with Crippen molar-refractivity contribution in [1.82, 2.24) is 0 Å². The first-order chi connectivity index (χ1) is 25.0. The quantitative estimate of drug-likeness (QED) is 0.149. The van der Waals surface area contributed by atoms with E-state index in [0.717, 1.165) is 22.3 Å². The zero-order valence-corrected chi connectivity index (χ0v) is 29.2. The number of benzene rings is 5. The van der Waals surface area contributed by atoms with Gasteiger partial charge in [-0.15, -0.1) is 0 Å². The number of fused-ring (bicyclic) bond motifs is 1. The molecule has 8 heteroatoms. The second-order valence-electron chi connectivity index (χ2n) is 12.3. The summed E-state index contributed by atoms with van der Waals surface area (Å²) < 4.78 is 53.3. The van der Waals surface area contributed by atoms with Crippen molar-refractivity contribution < 1.29 is 37.9 Å². The highest BCUT2D eigenvalue weighted by atomic mass is 19.1. The molecule has 2 saturated heterocycles. The molecule has 266 valence electrons. The molecule has 0 saturated carbocycles. The topological polar surface area (TPSA) is 75.6 Å². The van der Waals surface area contributed by atoms with Crippen molar-refractivity contribution in [2.45, 2.75) is 70.0 Å². The van der Waals surface area contributed by atoms with E-state index in [4.69, 9.17) is 28.4 Å². The Kier molecular flexibility index (Phi) is 12.3. The first-order valence-electron chi connectivity index (χ1n) is 17.5. The molecule has 7 nitrogen and oxygen atoms in total. The molecule has 2 aliphatic rings. The van der Waals surface area contributed by atoms with Crippen LogP contribution in [-0.4, -0.2) is 43.2 Å². The minimum atomic E-state index is -2.05. The molecule has 0 spiro atoms. The second-order valence-corrected chi connectivity index (χ2v) is 12.3. The summed E-state index contributed by atoms with van der Waals surface area (Å²) in [5.41, 5.74) is 4.33. The Balaban J connectivity index is 0.00000220. The minimum Gasteiger partial charge on any atom is -0.497 e. The van der Waals surface area contributed by atoms with Crippen molar-refractivity contribution in [2.24, 2.45) is 0 Å². The third-order valence-electron chi connectivity index (χ3n) is 9.04. The highest BCUT2D eigenvalue weighted by Gasteiger charge is 2.59. The van der Waals surface area contributed by atoms with Crippen LogP contribution in [0.3, 0.4) is 0 Å². The Morgan fingerprint density at radius 2 is 1.35 bits per heavy atom. The third kappa shape index (κ3) is 8.56. The second kappa shape index (κ2) is 17.2. The first-order valence-corrected chi connectivity index (χ1v) is 17.5. The van der Waals surface area contributed by atoms with Gasteiger partial charge >= 0.3 is 0 Å². The zero-order chi connectivity index (χ0) is 35.6. The number of hydrogen-bond acceptors (Lipinski definition) is 7. The molecule has 0 radical (unpaired) electrons. The molecular weight excluding hydrogens is 647 g/mol. The first kappa shape index (κ1) is 36.4. The van der Waals surface area contributed by atoms with E-state index in [1.165, 1.54) is 12.1 Å². The van der Waals surface area contributed by atoms with Crippen LogP contribution in [0.15, 0.2) is 133 Å². The normalized spacial score (nSPS) is 24.1. The molecule has 0 aromatic heterocycles. The standard InChI is InChI=1S/C41H39FO7.C2H6/c1-44-34-20-17-28(18-21-34)23-32-24-33(19-22-35(32)42)41(43)39(46-26-30-13-7-3-8-14-30)38(45-25-29-11-5-2-6-12-29)37-36(49-41)27-47-40(48-37)31-15-9-4-10-16-31;1-2/h2-22,24,36-40,43H,23,25-27H2,1H3;1-2H3.